The molecule has 0 aliphatic carbocycles. The van der Waals surface area contributed by atoms with Crippen molar-refractivity contribution in [3.8, 4) is 0 Å². The summed E-state index contributed by atoms with van der Waals surface area (Å²) < 4.78 is 5.19. The quantitative estimate of drug-likeness (QED) is 0.767. The second-order valence-electron chi connectivity index (χ2n) is 5.32. The minimum atomic E-state index is -0.452. The Bertz CT molecular complexity index is 716. The van der Waals surface area contributed by atoms with Gasteiger partial charge in [-0.15, -0.1) is 0 Å². The molecule has 126 valence electrons. The van der Waals surface area contributed by atoms with Crippen LogP contribution in [0.2, 0.25) is 5.02 Å². The average Bonchev–Trinajstić information content (AvgIpc) is 2.83. The molecule has 0 atom stereocenters. The molecule has 2 saturated heterocycles. The molecule has 3 rings (SSSR count). The highest BCUT2D eigenvalue weighted by atomic mass is 35.5. The first kappa shape index (κ1) is 17.0. The Labute approximate surface area is 148 Å². The van der Waals surface area contributed by atoms with Gasteiger partial charge in [-0.3, -0.25) is 19.3 Å². The molecule has 0 bridgehead atoms. The smallest absolute Gasteiger partial charge is 0.294 e. The van der Waals surface area contributed by atoms with E-state index < -0.39 is 11.1 Å². The fourth-order valence-corrected chi connectivity index (χ4v) is 3.47. The van der Waals surface area contributed by atoms with Crippen molar-refractivity contribution in [1.29, 1.82) is 0 Å². The van der Waals surface area contributed by atoms with Crippen LogP contribution in [0.3, 0.4) is 0 Å². The van der Waals surface area contributed by atoms with Crippen molar-refractivity contribution >= 4 is 46.5 Å². The van der Waals surface area contributed by atoms with Crippen LogP contribution in [-0.2, 0) is 14.3 Å². The fourth-order valence-electron chi connectivity index (χ4n) is 2.43. The van der Waals surface area contributed by atoms with E-state index in [0.29, 0.717) is 31.3 Å². The third-order valence-corrected chi connectivity index (χ3v) is 4.82. The van der Waals surface area contributed by atoms with Crippen LogP contribution < -0.4 is 0 Å². The highest BCUT2D eigenvalue weighted by Crippen LogP contribution is 2.32. The van der Waals surface area contributed by atoms with Crippen LogP contribution in [0.15, 0.2) is 29.2 Å². The van der Waals surface area contributed by atoms with Gasteiger partial charge in [0.1, 0.15) is 6.54 Å². The maximum absolute atomic E-state index is 12.4. The van der Waals surface area contributed by atoms with E-state index in [9.17, 15) is 14.4 Å². The number of hydrogen-bond acceptors (Lipinski definition) is 5. The standard InChI is InChI=1S/C16H15ClN2O4S/c17-12-3-1-2-11(8-12)9-13-15(21)19(16(22)24-13)10-14(20)18-4-6-23-7-5-18/h1-3,8-9H,4-7,10H2/b13-9+. The van der Waals surface area contributed by atoms with Crippen molar-refractivity contribution in [2.45, 2.75) is 0 Å². The maximum Gasteiger partial charge on any atom is 0.294 e. The summed E-state index contributed by atoms with van der Waals surface area (Å²) in [7, 11) is 0. The molecule has 8 heteroatoms. The molecule has 6 nitrogen and oxygen atoms in total. The molecule has 24 heavy (non-hydrogen) atoms. The average molecular weight is 367 g/mol. The zero-order chi connectivity index (χ0) is 17.1. The van der Waals surface area contributed by atoms with Crippen molar-refractivity contribution in [2.75, 3.05) is 32.8 Å². The molecule has 0 N–H and O–H groups in total. The van der Waals surface area contributed by atoms with E-state index in [1.165, 1.54) is 0 Å². The second kappa shape index (κ2) is 7.38. The van der Waals surface area contributed by atoms with Crippen molar-refractivity contribution in [2.24, 2.45) is 0 Å². The Hall–Kier alpha value is -1.83. The molecule has 0 aromatic heterocycles. The number of carbonyl (C=O) groups excluding carboxylic acids is 3. The number of benzene rings is 1. The SMILES string of the molecule is O=C(CN1C(=O)S/C(=C/c2cccc(Cl)c2)C1=O)N1CCOCC1. The summed E-state index contributed by atoms with van der Waals surface area (Å²) in [6.07, 6.45) is 1.61. The maximum atomic E-state index is 12.4. The number of rotatable bonds is 3. The predicted molar refractivity (Wildman–Crippen MR) is 91.5 cm³/mol. The van der Waals surface area contributed by atoms with Gasteiger partial charge >= 0.3 is 0 Å². The van der Waals surface area contributed by atoms with Crippen molar-refractivity contribution in [1.82, 2.24) is 9.80 Å². The number of hydrogen-bond donors (Lipinski definition) is 0. The molecule has 2 heterocycles. The number of thioether (sulfide) groups is 1. The van der Waals surface area contributed by atoms with Crippen LogP contribution in [0.4, 0.5) is 4.79 Å². The lowest BCUT2D eigenvalue weighted by Crippen LogP contribution is -2.46. The van der Waals surface area contributed by atoms with Gasteiger partial charge in [-0.25, -0.2) is 0 Å². The molecule has 1 aromatic rings. The van der Waals surface area contributed by atoms with E-state index in [1.54, 1.807) is 35.2 Å². The molecule has 2 fully saturated rings. The lowest BCUT2D eigenvalue weighted by Gasteiger charge is -2.28. The van der Waals surface area contributed by atoms with Gasteiger partial charge in [-0.05, 0) is 35.5 Å². The number of carbonyl (C=O) groups is 3. The van der Waals surface area contributed by atoms with Gasteiger partial charge < -0.3 is 9.64 Å². The minimum Gasteiger partial charge on any atom is -0.378 e. The molecule has 0 spiro atoms. The number of halogens is 1. The molecule has 0 radical (unpaired) electrons. The van der Waals surface area contributed by atoms with Crippen LogP contribution >= 0.6 is 23.4 Å². The van der Waals surface area contributed by atoms with Gasteiger partial charge in [0.2, 0.25) is 5.91 Å². The largest absolute Gasteiger partial charge is 0.378 e. The Morgan fingerprint density at radius 3 is 2.75 bits per heavy atom. The molecular weight excluding hydrogens is 352 g/mol. The van der Waals surface area contributed by atoms with Crippen molar-refractivity contribution < 1.29 is 19.1 Å². The van der Waals surface area contributed by atoms with Gasteiger partial charge in [-0.1, -0.05) is 23.7 Å². The van der Waals surface area contributed by atoms with E-state index >= 15 is 0 Å². The number of morpholine rings is 1. The number of nitrogens with zero attached hydrogens (tertiary/aromatic N) is 2. The minimum absolute atomic E-state index is 0.239. The summed E-state index contributed by atoms with van der Waals surface area (Å²) in [6.45, 7) is 1.67. The van der Waals surface area contributed by atoms with E-state index in [-0.39, 0.29) is 17.4 Å². The van der Waals surface area contributed by atoms with Gasteiger partial charge in [0.25, 0.3) is 11.1 Å². The Morgan fingerprint density at radius 2 is 2.04 bits per heavy atom. The van der Waals surface area contributed by atoms with E-state index in [1.807, 2.05) is 0 Å². The van der Waals surface area contributed by atoms with Crippen molar-refractivity contribution in [3.63, 3.8) is 0 Å². The van der Waals surface area contributed by atoms with E-state index in [4.69, 9.17) is 16.3 Å². The molecule has 3 amide bonds. The summed E-state index contributed by atoms with van der Waals surface area (Å²) >= 11 is 6.75. The zero-order valence-electron chi connectivity index (χ0n) is 12.7. The third-order valence-electron chi connectivity index (χ3n) is 3.68. The summed E-state index contributed by atoms with van der Waals surface area (Å²) in [5.74, 6) is -0.698. The Balaban J connectivity index is 1.71. The highest BCUT2D eigenvalue weighted by molar-refractivity contribution is 8.18. The first-order valence-corrected chi connectivity index (χ1v) is 8.60. The monoisotopic (exact) mass is 366 g/mol. The van der Waals surface area contributed by atoms with Crippen LogP contribution in [-0.4, -0.2) is 59.7 Å². The molecular formula is C16H15ClN2O4S. The molecule has 1 aromatic carbocycles. The van der Waals surface area contributed by atoms with E-state index in [2.05, 4.69) is 0 Å². The summed E-state index contributed by atoms with van der Waals surface area (Å²) in [4.78, 5) is 39.6. The third kappa shape index (κ3) is 3.80. The fraction of sp³-hybridized carbons (Fsp3) is 0.312. The first-order valence-electron chi connectivity index (χ1n) is 7.41. The normalized spacial score (nSPS) is 20.1. The Morgan fingerprint density at radius 1 is 1.29 bits per heavy atom. The van der Waals surface area contributed by atoms with Crippen LogP contribution in [0.1, 0.15) is 5.56 Å². The predicted octanol–water partition coefficient (Wildman–Crippen LogP) is 2.24. The molecule has 2 aliphatic heterocycles. The molecule has 0 saturated carbocycles. The number of amides is 3. The van der Waals surface area contributed by atoms with Gasteiger partial charge in [0, 0.05) is 18.1 Å². The lowest BCUT2D eigenvalue weighted by molar-refractivity contribution is -0.139. The van der Waals surface area contributed by atoms with Gasteiger partial charge in [-0.2, -0.15) is 0 Å². The summed E-state index contributed by atoms with van der Waals surface area (Å²) in [5, 5.41) is 0.111. The molecule has 2 aliphatic rings. The lowest BCUT2D eigenvalue weighted by atomic mass is 10.2. The summed E-state index contributed by atoms with van der Waals surface area (Å²) in [5.41, 5.74) is 0.729. The van der Waals surface area contributed by atoms with Crippen molar-refractivity contribution in [3.05, 3.63) is 39.8 Å². The van der Waals surface area contributed by atoms with Crippen LogP contribution in [0.25, 0.3) is 6.08 Å². The zero-order valence-corrected chi connectivity index (χ0v) is 14.3. The number of ether oxygens (including phenoxy) is 1. The topological polar surface area (TPSA) is 66.9 Å². The Kier molecular flexibility index (Phi) is 5.23. The first-order chi connectivity index (χ1) is 11.5. The van der Waals surface area contributed by atoms with Crippen LogP contribution in [0.5, 0.6) is 0 Å². The molecule has 0 unspecified atom stereocenters. The second-order valence-corrected chi connectivity index (χ2v) is 6.75. The summed E-state index contributed by atoms with van der Waals surface area (Å²) in [6, 6.07) is 6.99. The van der Waals surface area contributed by atoms with Crippen LogP contribution in [0, 0.1) is 0 Å². The highest BCUT2D eigenvalue weighted by Gasteiger charge is 2.37. The van der Waals surface area contributed by atoms with E-state index in [0.717, 1.165) is 22.2 Å². The van der Waals surface area contributed by atoms with Gasteiger partial charge in [0.05, 0.1) is 18.1 Å². The van der Waals surface area contributed by atoms with Gasteiger partial charge in [0.15, 0.2) is 0 Å². The number of imide groups is 1.